The molecule has 2 amide bonds. The Morgan fingerprint density at radius 3 is 2.91 bits per heavy atom. The number of aliphatic hydroxyl groups excluding tert-OH is 1. The predicted octanol–water partition coefficient (Wildman–Crippen LogP) is 1.88. The Hall–Kier alpha value is -2.18. The first-order valence-electron chi connectivity index (χ1n) is 7.50. The number of anilines is 1. The molecule has 0 saturated carbocycles. The van der Waals surface area contributed by atoms with Crippen LogP contribution in [0.2, 0.25) is 0 Å². The zero-order chi connectivity index (χ0) is 16.2. The highest BCUT2D eigenvalue weighted by Crippen LogP contribution is 2.27. The highest BCUT2D eigenvalue weighted by Gasteiger charge is 2.25. The van der Waals surface area contributed by atoms with E-state index < -0.39 is 6.10 Å². The molecule has 2 N–H and O–H groups in total. The van der Waals surface area contributed by atoms with E-state index in [1.807, 2.05) is 41.1 Å². The fourth-order valence-electron chi connectivity index (χ4n) is 2.66. The third kappa shape index (κ3) is 3.60. The van der Waals surface area contributed by atoms with Crippen molar-refractivity contribution in [2.24, 2.45) is 0 Å². The van der Waals surface area contributed by atoms with E-state index in [0.29, 0.717) is 12.8 Å². The molecule has 1 atom stereocenters. The molecule has 5 nitrogen and oxygen atoms in total. The Morgan fingerprint density at radius 2 is 2.13 bits per heavy atom. The zero-order valence-electron chi connectivity index (χ0n) is 12.6. The van der Waals surface area contributed by atoms with Gasteiger partial charge in [0, 0.05) is 18.7 Å². The van der Waals surface area contributed by atoms with Crippen LogP contribution in [0.3, 0.4) is 0 Å². The minimum atomic E-state index is -0.727. The molecule has 1 aliphatic heterocycles. The first-order valence-corrected chi connectivity index (χ1v) is 8.44. The summed E-state index contributed by atoms with van der Waals surface area (Å²) in [5.41, 5.74) is 2.67. The third-order valence-corrected chi connectivity index (χ3v) is 4.62. The molecule has 23 heavy (non-hydrogen) atoms. The highest BCUT2D eigenvalue weighted by atomic mass is 32.1. The quantitative estimate of drug-likeness (QED) is 0.879. The maximum Gasteiger partial charge on any atom is 0.240 e. The SMILES string of the molecule is O=C(CN1C(=O)CCc2ccccc21)NCC(O)c1ccsc1. The van der Waals surface area contributed by atoms with Gasteiger partial charge in [0.25, 0.3) is 0 Å². The summed E-state index contributed by atoms with van der Waals surface area (Å²) in [5.74, 6) is -0.318. The van der Waals surface area contributed by atoms with Crippen LogP contribution < -0.4 is 10.2 Å². The standard InChI is InChI=1S/C17H18N2O3S/c20-15(13-7-8-23-11-13)9-18-16(21)10-19-14-4-2-1-3-12(14)5-6-17(19)22/h1-4,7-8,11,15,20H,5-6,9-10H2,(H,18,21). The van der Waals surface area contributed by atoms with Crippen LogP contribution in [0, 0.1) is 0 Å². The first kappa shape index (κ1) is 15.7. The molecule has 3 rings (SSSR count). The topological polar surface area (TPSA) is 69.6 Å². The smallest absolute Gasteiger partial charge is 0.240 e. The lowest BCUT2D eigenvalue weighted by molar-refractivity contribution is -0.124. The molecule has 0 bridgehead atoms. The maximum atomic E-state index is 12.1. The van der Waals surface area contributed by atoms with E-state index in [4.69, 9.17) is 0 Å². The average Bonchev–Trinajstić information content (AvgIpc) is 3.10. The largest absolute Gasteiger partial charge is 0.387 e. The summed E-state index contributed by atoms with van der Waals surface area (Å²) in [6.45, 7) is 0.117. The summed E-state index contributed by atoms with van der Waals surface area (Å²) in [7, 11) is 0. The van der Waals surface area contributed by atoms with Crippen molar-refractivity contribution in [3.8, 4) is 0 Å². The molecule has 6 heteroatoms. The molecule has 1 aromatic carbocycles. The number of aryl methyl sites for hydroxylation is 1. The van der Waals surface area contributed by atoms with Crippen molar-refractivity contribution < 1.29 is 14.7 Å². The van der Waals surface area contributed by atoms with Crippen LogP contribution in [0.15, 0.2) is 41.1 Å². The fraction of sp³-hybridized carbons (Fsp3) is 0.294. The lowest BCUT2D eigenvalue weighted by atomic mass is 10.0. The van der Waals surface area contributed by atoms with Gasteiger partial charge in [-0.2, -0.15) is 11.3 Å². The number of nitrogens with one attached hydrogen (secondary N) is 1. The number of hydrogen-bond donors (Lipinski definition) is 2. The first-order chi connectivity index (χ1) is 11.1. The van der Waals surface area contributed by atoms with Crippen molar-refractivity contribution >= 4 is 28.8 Å². The molecule has 0 fully saturated rings. The van der Waals surface area contributed by atoms with Crippen molar-refractivity contribution in [2.45, 2.75) is 18.9 Å². The maximum absolute atomic E-state index is 12.1. The zero-order valence-corrected chi connectivity index (χ0v) is 13.4. The number of nitrogens with zero attached hydrogens (tertiary/aromatic N) is 1. The van der Waals surface area contributed by atoms with E-state index in [9.17, 15) is 14.7 Å². The molecule has 0 spiro atoms. The second-order valence-electron chi connectivity index (χ2n) is 5.49. The second-order valence-corrected chi connectivity index (χ2v) is 6.27. The summed E-state index contributed by atoms with van der Waals surface area (Å²) >= 11 is 1.50. The van der Waals surface area contributed by atoms with Crippen LogP contribution in [0.5, 0.6) is 0 Å². The molecule has 0 radical (unpaired) electrons. The van der Waals surface area contributed by atoms with Gasteiger partial charge in [-0.1, -0.05) is 18.2 Å². The molecule has 1 aromatic heterocycles. The molecule has 0 saturated heterocycles. The van der Waals surface area contributed by atoms with Crippen LogP contribution in [0.25, 0.3) is 0 Å². The van der Waals surface area contributed by atoms with Gasteiger partial charge in [0.05, 0.1) is 6.10 Å². The molecule has 2 heterocycles. The minimum Gasteiger partial charge on any atom is -0.387 e. The van der Waals surface area contributed by atoms with Crippen LogP contribution >= 0.6 is 11.3 Å². The van der Waals surface area contributed by atoms with Gasteiger partial charge in [-0.05, 0) is 40.4 Å². The number of hydrogen-bond acceptors (Lipinski definition) is 4. The predicted molar refractivity (Wildman–Crippen MR) is 89.4 cm³/mol. The van der Waals surface area contributed by atoms with Gasteiger partial charge in [0.2, 0.25) is 11.8 Å². The van der Waals surface area contributed by atoms with Gasteiger partial charge in [0.1, 0.15) is 6.54 Å². The molecular formula is C17H18N2O3S. The van der Waals surface area contributed by atoms with Gasteiger partial charge >= 0.3 is 0 Å². The number of amides is 2. The van der Waals surface area contributed by atoms with Crippen LogP contribution in [-0.2, 0) is 16.0 Å². The van der Waals surface area contributed by atoms with E-state index in [1.54, 1.807) is 0 Å². The van der Waals surface area contributed by atoms with E-state index in [-0.39, 0.29) is 24.9 Å². The number of carbonyl (C=O) groups excluding carboxylic acids is 2. The number of carbonyl (C=O) groups is 2. The molecule has 120 valence electrons. The van der Waals surface area contributed by atoms with Gasteiger partial charge in [0.15, 0.2) is 0 Å². The van der Waals surface area contributed by atoms with Crippen molar-refractivity contribution in [3.63, 3.8) is 0 Å². The van der Waals surface area contributed by atoms with Gasteiger partial charge < -0.3 is 15.3 Å². The fourth-order valence-corrected chi connectivity index (χ4v) is 3.37. The van der Waals surface area contributed by atoms with Crippen molar-refractivity contribution in [1.29, 1.82) is 0 Å². The average molecular weight is 330 g/mol. The number of thiophene rings is 1. The van der Waals surface area contributed by atoms with E-state index in [1.165, 1.54) is 16.2 Å². The van der Waals surface area contributed by atoms with E-state index >= 15 is 0 Å². The van der Waals surface area contributed by atoms with Crippen molar-refractivity contribution in [3.05, 3.63) is 52.2 Å². The molecule has 2 aromatic rings. The van der Waals surface area contributed by atoms with Crippen LogP contribution in [-0.4, -0.2) is 30.0 Å². The Labute approximate surface area is 138 Å². The lowest BCUT2D eigenvalue weighted by Gasteiger charge is -2.28. The Balaban J connectivity index is 1.60. The second kappa shape index (κ2) is 6.93. The van der Waals surface area contributed by atoms with E-state index in [2.05, 4.69) is 5.32 Å². The minimum absolute atomic E-state index is 0.0216. The van der Waals surface area contributed by atoms with Crippen LogP contribution in [0.1, 0.15) is 23.7 Å². The summed E-state index contributed by atoms with van der Waals surface area (Å²) in [4.78, 5) is 25.8. The number of aliphatic hydroxyl groups is 1. The molecular weight excluding hydrogens is 312 g/mol. The van der Waals surface area contributed by atoms with Crippen molar-refractivity contribution in [2.75, 3.05) is 18.0 Å². The third-order valence-electron chi connectivity index (χ3n) is 3.91. The summed E-state index contributed by atoms with van der Waals surface area (Å²) < 4.78 is 0. The Bertz CT molecular complexity index is 700. The van der Waals surface area contributed by atoms with Crippen LogP contribution in [0.4, 0.5) is 5.69 Å². The highest BCUT2D eigenvalue weighted by molar-refractivity contribution is 7.07. The van der Waals surface area contributed by atoms with Gasteiger partial charge in [-0.25, -0.2) is 0 Å². The number of para-hydroxylation sites is 1. The van der Waals surface area contributed by atoms with Gasteiger partial charge in [-0.3, -0.25) is 9.59 Å². The Morgan fingerprint density at radius 1 is 1.30 bits per heavy atom. The molecule has 0 aliphatic carbocycles. The normalized spacial score (nSPS) is 15.2. The number of benzene rings is 1. The lowest BCUT2D eigenvalue weighted by Crippen LogP contribution is -2.43. The van der Waals surface area contributed by atoms with E-state index in [0.717, 1.165) is 16.8 Å². The monoisotopic (exact) mass is 330 g/mol. The Kier molecular flexibility index (Phi) is 4.73. The molecule has 1 unspecified atom stereocenters. The summed E-state index contributed by atoms with van der Waals surface area (Å²) in [5, 5.41) is 16.4. The van der Waals surface area contributed by atoms with Gasteiger partial charge in [-0.15, -0.1) is 0 Å². The number of fused-ring (bicyclic) bond motifs is 1. The van der Waals surface area contributed by atoms with Crippen molar-refractivity contribution in [1.82, 2.24) is 5.32 Å². The number of rotatable bonds is 5. The summed E-state index contributed by atoms with van der Waals surface area (Å²) in [6, 6.07) is 9.46. The molecule has 1 aliphatic rings. The summed E-state index contributed by atoms with van der Waals surface area (Å²) in [6.07, 6.45) is 0.403.